The molecule has 0 aliphatic carbocycles. The Labute approximate surface area is 208 Å². The summed E-state index contributed by atoms with van der Waals surface area (Å²) < 4.78 is 26.4. The van der Waals surface area contributed by atoms with Crippen LogP contribution >= 0.6 is 11.6 Å². The van der Waals surface area contributed by atoms with Gasteiger partial charge in [0.1, 0.15) is 12.6 Å². The molecule has 0 saturated carbocycles. The third-order valence-corrected chi connectivity index (χ3v) is 7.18. The van der Waals surface area contributed by atoms with Crippen LogP contribution in [0.4, 0.5) is 5.69 Å². The van der Waals surface area contributed by atoms with Crippen molar-refractivity contribution in [1.29, 1.82) is 0 Å². The molecule has 0 aliphatic heterocycles. The molecule has 34 heavy (non-hydrogen) atoms. The summed E-state index contributed by atoms with van der Waals surface area (Å²) in [6, 6.07) is 11.7. The first-order valence-electron chi connectivity index (χ1n) is 11.2. The van der Waals surface area contributed by atoms with Crippen molar-refractivity contribution < 1.29 is 18.0 Å². The van der Waals surface area contributed by atoms with Gasteiger partial charge in [-0.2, -0.15) is 0 Å². The zero-order chi connectivity index (χ0) is 25.6. The first-order chi connectivity index (χ1) is 15.8. The Morgan fingerprint density at radius 3 is 2.26 bits per heavy atom. The van der Waals surface area contributed by atoms with Crippen LogP contribution in [-0.4, -0.2) is 50.5 Å². The highest BCUT2D eigenvalue weighted by Crippen LogP contribution is 2.28. The number of halogens is 1. The van der Waals surface area contributed by atoms with Gasteiger partial charge in [0.15, 0.2) is 0 Å². The summed E-state index contributed by atoms with van der Waals surface area (Å²) in [6.07, 6.45) is 1.05. The number of rotatable bonds is 10. The predicted octanol–water partition coefficient (Wildman–Crippen LogP) is 3.91. The van der Waals surface area contributed by atoms with Crippen molar-refractivity contribution in [2.75, 3.05) is 23.7 Å². The second-order valence-corrected chi connectivity index (χ2v) is 11.2. The van der Waals surface area contributed by atoms with Gasteiger partial charge in [0.25, 0.3) is 0 Å². The van der Waals surface area contributed by atoms with E-state index in [1.807, 2.05) is 45.0 Å². The largest absolute Gasteiger partial charge is 0.354 e. The molecule has 2 rings (SSSR count). The van der Waals surface area contributed by atoms with Gasteiger partial charge in [-0.3, -0.25) is 13.9 Å². The highest BCUT2D eigenvalue weighted by molar-refractivity contribution is 7.92. The van der Waals surface area contributed by atoms with E-state index in [1.165, 1.54) is 4.90 Å². The van der Waals surface area contributed by atoms with Crippen LogP contribution in [0.3, 0.4) is 0 Å². The van der Waals surface area contributed by atoms with Crippen LogP contribution in [0.5, 0.6) is 0 Å². The van der Waals surface area contributed by atoms with Crippen molar-refractivity contribution >= 4 is 39.1 Å². The Balaban J connectivity index is 2.43. The smallest absolute Gasteiger partial charge is 0.244 e. The number of benzene rings is 2. The number of aryl methyl sites for hydroxylation is 1. The molecule has 0 radical (unpaired) electrons. The maximum absolute atomic E-state index is 13.6. The van der Waals surface area contributed by atoms with Crippen LogP contribution in [0.15, 0.2) is 42.5 Å². The van der Waals surface area contributed by atoms with Crippen LogP contribution in [0.1, 0.15) is 37.5 Å². The fourth-order valence-electron chi connectivity index (χ4n) is 3.47. The summed E-state index contributed by atoms with van der Waals surface area (Å²) in [5.41, 5.74) is 2.73. The molecular formula is C25H34ClN3O4S. The third-order valence-electron chi connectivity index (χ3n) is 5.64. The molecule has 0 bridgehead atoms. The molecule has 0 saturated heterocycles. The minimum atomic E-state index is -3.81. The highest BCUT2D eigenvalue weighted by Gasteiger charge is 2.31. The van der Waals surface area contributed by atoms with E-state index in [0.29, 0.717) is 22.8 Å². The molecule has 1 N–H and O–H groups in total. The first-order valence-corrected chi connectivity index (χ1v) is 13.4. The van der Waals surface area contributed by atoms with Crippen LogP contribution < -0.4 is 9.62 Å². The zero-order valence-electron chi connectivity index (χ0n) is 20.6. The van der Waals surface area contributed by atoms with E-state index in [2.05, 4.69) is 5.32 Å². The Hall–Kier alpha value is -2.58. The maximum atomic E-state index is 13.6. The molecule has 0 aromatic heterocycles. The van der Waals surface area contributed by atoms with E-state index in [-0.39, 0.29) is 18.4 Å². The number of carbonyl (C=O) groups excluding carboxylic acids is 2. The molecule has 186 valence electrons. The van der Waals surface area contributed by atoms with E-state index in [4.69, 9.17) is 11.6 Å². The summed E-state index contributed by atoms with van der Waals surface area (Å²) in [6.45, 7) is 9.46. The number of nitrogens with one attached hydrogen (secondary N) is 1. The van der Waals surface area contributed by atoms with Gasteiger partial charge in [0.2, 0.25) is 21.8 Å². The van der Waals surface area contributed by atoms with Crippen molar-refractivity contribution in [3.8, 4) is 0 Å². The summed E-state index contributed by atoms with van der Waals surface area (Å²) >= 11 is 6.21. The van der Waals surface area contributed by atoms with E-state index < -0.39 is 28.5 Å². The molecule has 0 heterocycles. The Bertz CT molecular complexity index is 1130. The van der Waals surface area contributed by atoms with Gasteiger partial charge in [0, 0.05) is 18.1 Å². The molecular weight excluding hydrogens is 474 g/mol. The Morgan fingerprint density at radius 1 is 1.03 bits per heavy atom. The second kappa shape index (κ2) is 11.7. The van der Waals surface area contributed by atoms with Crippen molar-refractivity contribution in [3.05, 3.63) is 64.2 Å². The van der Waals surface area contributed by atoms with Gasteiger partial charge in [0.05, 0.1) is 11.9 Å². The van der Waals surface area contributed by atoms with Crippen LogP contribution in [0.25, 0.3) is 0 Å². The number of carbonyl (C=O) groups is 2. The number of hydrogen-bond acceptors (Lipinski definition) is 4. The molecule has 9 heteroatoms. The lowest BCUT2D eigenvalue weighted by atomic mass is 10.1. The molecule has 2 aromatic carbocycles. The molecule has 0 aliphatic rings. The SMILES string of the molecule is Cc1ccccc1CN(C(=O)CN(c1cccc(Cl)c1C)S(C)(=O)=O)[C@@H](C)C(=O)NCC(C)C. The fraction of sp³-hybridized carbons (Fsp3) is 0.440. The van der Waals surface area contributed by atoms with Crippen molar-refractivity contribution in [2.24, 2.45) is 5.92 Å². The lowest BCUT2D eigenvalue weighted by Crippen LogP contribution is -2.51. The average Bonchev–Trinajstić information content (AvgIpc) is 2.76. The topological polar surface area (TPSA) is 86.8 Å². The summed E-state index contributed by atoms with van der Waals surface area (Å²) in [5, 5.41) is 3.27. The maximum Gasteiger partial charge on any atom is 0.244 e. The number of anilines is 1. The summed E-state index contributed by atoms with van der Waals surface area (Å²) in [5.74, 6) is -0.524. The molecule has 2 aromatic rings. The van der Waals surface area contributed by atoms with E-state index in [1.54, 1.807) is 32.0 Å². The minimum absolute atomic E-state index is 0.175. The van der Waals surface area contributed by atoms with Gasteiger partial charge in [-0.15, -0.1) is 0 Å². The Morgan fingerprint density at radius 2 is 1.68 bits per heavy atom. The molecule has 7 nitrogen and oxygen atoms in total. The summed E-state index contributed by atoms with van der Waals surface area (Å²) in [7, 11) is -3.81. The second-order valence-electron chi connectivity index (χ2n) is 8.92. The normalized spacial score (nSPS) is 12.4. The lowest BCUT2D eigenvalue weighted by Gasteiger charge is -2.32. The zero-order valence-corrected chi connectivity index (χ0v) is 22.2. The van der Waals surface area contributed by atoms with Crippen molar-refractivity contribution in [1.82, 2.24) is 10.2 Å². The van der Waals surface area contributed by atoms with Gasteiger partial charge >= 0.3 is 0 Å². The van der Waals surface area contributed by atoms with E-state index >= 15 is 0 Å². The number of nitrogens with zero attached hydrogens (tertiary/aromatic N) is 2. The first kappa shape index (κ1) is 27.7. The predicted molar refractivity (Wildman–Crippen MR) is 137 cm³/mol. The fourth-order valence-corrected chi connectivity index (χ4v) is 4.54. The molecule has 0 spiro atoms. The molecule has 2 amide bonds. The van der Waals surface area contributed by atoms with Crippen molar-refractivity contribution in [2.45, 2.75) is 47.2 Å². The van der Waals surface area contributed by atoms with Gasteiger partial charge in [-0.05, 0) is 55.5 Å². The molecule has 1 atom stereocenters. The van der Waals surface area contributed by atoms with Gasteiger partial charge in [-0.25, -0.2) is 8.42 Å². The van der Waals surface area contributed by atoms with E-state index in [0.717, 1.165) is 21.7 Å². The summed E-state index contributed by atoms with van der Waals surface area (Å²) in [4.78, 5) is 27.9. The number of hydrogen-bond donors (Lipinski definition) is 1. The third kappa shape index (κ3) is 7.21. The lowest BCUT2D eigenvalue weighted by molar-refractivity contribution is -0.139. The number of sulfonamides is 1. The molecule has 0 unspecified atom stereocenters. The van der Waals surface area contributed by atoms with Gasteiger partial charge < -0.3 is 10.2 Å². The van der Waals surface area contributed by atoms with Crippen molar-refractivity contribution in [3.63, 3.8) is 0 Å². The number of amides is 2. The monoisotopic (exact) mass is 507 g/mol. The Kier molecular flexibility index (Phi) is 9.53. The van der Waals surface area contributed by atoms with Crippen LogP contribution in [-0.2, 0) is 26.2 Å². The average molecular weight is 508 g/mol. The standard InChI is InChI=1S/C25H34ClN3O4S/c1-17(2)14-27-25(31)20(5)28(15-21-11-8-7-10-18(21)3)24(30)16-29(34(6,32)33)23-13-9-12-22(26)19(23)4/h7-13,17,20H,14-16H2,1-6H3,(H,27,31)/t20-/m0/s1. The quantitative estimate of drug-likeness (QED) is 0.528. The minimum Gasteiger partial charge on any atom is -0.354 e. The van der Waals surface area contributed by atoms with Gasteiger partial charge in [-0.1, -0.05) is 55.8 Å². The molecule has 0 fully saturated rings. The highest BCUT2D eigenvalue weighted by atomic mass is 35.5. The van der Waals surface area contributed by atoms with Crippen LogP contribution in [0.2, 0.25) is 5.02 Å². The van der Waals surface area contributed by atoms with E-state index in [9.17, 15) is 18.0 Å². The van der Waals surface area contributed by atoms with Crippen LogP contribution in [0, 0.1) is 19.8 Å².